The first kappa shape index (κ1) is 10.1. The van der Waals surface area contributed by atoms with Gasteiger partial charge in [0, 0.05) is 11.5 Å². The fourth-order valence-corrected chi connectivity index (χ4v) is 2.62. The van der Waals surface area contributed by atoms with E-state index < -0.39 is 0 Å². The summed E-state index contributed by atoms with van der Waals surface area (Å²) in [6.07, 6.45) is 2.57. The Balaban J connectivity index is 2.02. The van der Waals surface area contributed by atoms with Gasteiger partial charge in [-0.3, -0.25) is 5.10 Å². The first-order valence-corrected chi connectivity index (χ1v) is 6.36. The highest BCUT2D eigenvalue weighted by atomic mass is 79.9. The largest absolute Gasteiger partial charge is 0.280 e. The lowest BCUT2D eigenvalue weighted by Gasteiger charge is -1.99. The molecule has 1 fully saturated rings. The number of benzene rings is 1. The van der Waals surface area contributed by atoms with Gasteiger partial charge in [0.05, 0.1) is 10.2 Å². The summed E-state index contributed by atoms with van der Waals surface area (Å²) in [6, 6.07) is 8.47. The van der Waals surface area contributed by atoms with Crippen LogP contribution in [0.3, 0.4) is 0 Å². The Morgan fingerprint density at radius 2 is 1.94 bits per heavy atom. The average Bonchev–Trinajstić information content (AvgIpc) is 3.05. The van der Waals surface area contributed by atoms with Gasteiger partial charge in [0.1, 0.15) is 5.69 Å². The number of hydrogen-bond donors (Lipinski definition) is 1. The summed E-state index contributed by atoms with van der Waals surface area (Å²) in [7, 11) is 0. The van der Waals surface area contributed by atoms with E-state index in [9.17, 15) is 0 Å². The maximum atomic E-state index is 4.41. The summed E-state index contributed by atoms with van der Waals surface area (Å²) in [4.78, 5) is 0. The topological polar surface area (TPSA) is 28.7 Å². The minimum Gasteiger partial charge on any atom is -0.280 e. The van der Waals surface area contributed by atoms with Gasteiger partial charge < -0.3 is 0 Å². The van der Waals surface area contributed by atoms with Crippen molar-refractivity contribution in [2.45, 2.75) is 25.7 Å². The Morgan fingerprint density at radius 1 is 1.25 bits per heavy atom. The molecule has 0 spiro atoms. The van der Waals surface area contributed by atoms with Crippen molar-refractivity contribution in [1.82, 2.24) is 10.2 Å². The lowest BCUT2D eigenvalue weighted by Crippen LogP contribution is -1.80. The van der Waals surface area contributed by atoms with Crippen molar-refractivity contribution in [1.29, 1.82) is 0 Å². The van der Waals surface area contributed by atoms with Gasteiger partial charge >= 0.3 is 0 Å². The van der Waals surface area contributed by atoms with Crippen molar-refractivity contribution in [3.8, 4) is 11.3 Å². The van der Waals surface area contributed by atoms with Gasteiger partial charge in [-0.05, 0) is 35.7 Å². The van der Waals surface area contributed by atoms with Gasteiger partial charge in [-0.25, -0.2) is 0 Å². The van der Waals surface area contributed by atoms with Gasteiger partial charge in [0.15, 0.2) is 0 Å². The molecular formula is C13H13BrN2. The second-order valence-corrected chi connectivity index (χ2v) is 5.23. The highest BCUT2D eigenvalue weighted by molar-refractivity contribution is 9.10. The molecule has 1 aliphatic rings. The van der Waals surface area contributed by atoms with Crippen LogP contribution in [0.25, 0.3) is 11.3 Å². The average molecular weight is 277 g/mol. The van der Waals surface area contributed by atoms with Crippen LogP contribution in [0, 0.1) is 6.92 Å². The molecular weight excluding hydrogens is 264 g/mol. The molecule has 0 amide bonds. The second-order valence-electron chi connectivity index (χ2n) is 4.44. The van der Waals surface area contributed by atoms with Crippen LogP contribution in [0.15, 0.2) is 28.7 Å². The van der Waals surface area contributed by atoms with E-state index in [-0.39, 0.29) is 0 Å². The standard InChI is InChI=1S/C13H13BrN2/c1-8-2-4-9(5-3-8)12-11(14)13(16-15-12)10-6-7-10/h2-5,10H,6-7H2,1H3,(H,15,16). The van der Waals surface area contributed by atoms with E-state index in [1.165, 1.54) is 29.7 Å². The summed E-state index contributed by atoms with van der Waals surface area (Å²) in [5.41, 5.74) is 4.73. The Hall–Kier alpha value is -1.09. The molecule has 1 aliphatic carbocycles. The van der Waals surface area contributed by atoms with Crippen molar-refractivity contribution in [2.75, 3.05) is 0 Å². The third kappa shape index (κ3) is 1.69. The molecule has 1 N–H and O–H groups in total. The number of aryl methyl sites for hydroxylation is 1. The van der Waals surface area contributed by atoms with Gasteiger partial charge in [0.25, 0.3) is 0 Å². The molecule has 2 nitrogen and oxygen atoms in total. The van der Waals surface area contributed by atoms with Crippen molar-refractivity contribution >= 4 is 15.9 Å². The minimum atomic E-state index is 0.695. The molecule has 2 aromatic rings. The van der Waals surface area contributed by atoms with Crippen LogP contribution < -0.4 is 0 Å². The molecule has 0 saturated heterocycles. The molecule has 1 heterocycles. The molecule has 82 valence electrons. The molecule has 0 atom stereocenters. The van der Waals surface area contributed by atoms with Crippen LogP contribution in [-0.4, -0.2) is 10.2 Å². The van der Waals surface area contributed by atoms with E-state index in [1.54, 1.807) is 0 Å². The fraction of sp³-hybridized carbons (Fsp3) is 0.308. The highest BCUT2D eigenvalue weighted by Gasteiger charge is 2.29. The molecule has 3 heteroatoms. The van der Waals surface area contributed by atoms with E-state index in [4.69, 9.17) is 0 Å². The number of H-pyrrole nitrogens is 1. The van der Waals surface area contributed by atoms with Crippen molar-refractivity contribution in [3.05, 3.63) is 40.0 Å². The maximum Gasteiger partial charge on any atom is 0.107 e. The lowest BCUT2D eigenvalue weighted by molar-refractivity contribution is 0.963. The Bertz CT molecular complexity index is 509. The van der Waals surface area contributed by atoms with E-state index >= 15 is 0 Å². The van der Waals surface area contributed by atoms with Gasteiger partial charge in [-0.1, -0.05) is 29.8 Å². The second kappa shape index (κ2) is 3.74. The smallest absolute Gasteiger partial charge is 0.107 e. The molecule has 0 radical (unpaired) electrons. The normalized spacial score (nSPS) is 15.4. The van der Waals surface area contributed by atoms with Crippen molar-refractivity contribution in [3.63, 3.8) is 0 Å². The quantitative estimate of drug-likeness (QED) is 0.882. The summed E-state index contributed by atoms with van der Waals surface area (Å²) in [5.74, 6) is 0.695. The summed E-state index contributed by atoms with van der Waals surface area (Å²) >= 11 is 3.65. The number of aromatic amines is 1. The Morgan fingerprint density at radius 3 is 2.56 bits per heavy atom. The van der Waals surface area contributed by atoms with E-state index in [1.807, 2.05) is 0 Å². The third-order valence-corrected chi connectivity index (χ3v) is 3.85. The number of hydrogen-bond acceptors (Lipinski definition) is 1. The number of aromatic nitrogens is 2. The van der Waals surface area contributed by atoms with Crippen LogP contribution in [0.4, 0.5) is 0 Å². The lowest BCUT2D eigenvalue weighted by atomic mass is 10.1. The van der Waals surface area contributed by atoms with Crippen LogP contribution in [-0.2, 0) is 0 Å². The van der Waals surface area contributed by atoms with E-state index in [0.29, 0.717) is 5.92 Å². The summed E-state index contributed by atoms with van der Waals surface area (Å²) < 4.78 is 1.14. The van der Waals surface area contributed by atoms with Gasteiger partial charge in [0.2, 0.25) is 0 Å². The first-order chi connectivity index (χ1) is 7.75. The number of nitrogens with zero attached hydrogens (tertiary/aromatic N) is 1. The summed E-state index contributed by atoms with van der Waals surface area (Å²) in [6.45, 7) is 2.10. The first-order valence-electron chi connectivity index (χ1n) is 5.56. The van der Waals surface area contributed by atoms with Crippen LogP contribution in [0.1, 0.15) is 30.0 Å². The van der Waals surface area contributed by atoms with Gasteiger partial charge in [-0.2, -0.15) is 5.10 Å². The molecule has 1 aromatic heterocycles. The van der Waals surface area contributed by atoms with Crippen LogP contribution >= 0.6 is 15.9 Å². The Kier molecular flexibility index (Phi) is 2.36. The Labute approximate surface area is 103 Å². The zero-order valence-electron chi connectivity index (χ0n) is 9.13. The summed E-state index contributed by atoms with van der Waals surface area (Å²) in [5, 5.41) is 7.56. The predicted octanol–water partition coefficient (Wildman–Crippen LogP) is 4.03. The van der Waals surface area contributed by atoms with Gasteiger partial charge in [-0.15, -0.1) is 0 Å². The molecule has 16 heavy (non-hydrogen) atoms. The molecule has 0 unspecified atom stereocenters. The van der Waals surface area contributed by atoms with E-state index in [0.717, 1.165) is 10.2 Å². The third-order valence-electron chi connectivity index (χ3n) is 3.04. The van der Waals surface area contributed by atoms with E-state index in [2.05, 4.69) is 57.3 Å². The SMILES string of the molecule is Cc1ccc(-c2n[nH]c(C3CC3)c2Br)cc1. The zero-order valence-corrected chi connectivity index (χ0v) is 10.7. The van der Waals surface area contributed by atoms with Crippen molar-refractivity contribution < 1.29 is 0 Å². The predicted molar refractivity (Wildman–Crippen MR) is 68.4 cm³/mol. The molecule has 1 saturated carbocycles. The molecule has 1 aromatic carbocycles. The molecule has 0 aliphatic heterocycles. The molecule has 0 bridgehead atoms. The zero-order chi connectivity index (χ0) is 11.1. The minimum absolute atomic E-state index is 0.695. The number of nitrogens with one attached hydrogen (secondary N) is 1. The molecule has 3 rings (SSSR count). The van der Waals surface area contributed by atoms with Crippen LogP contribution in [0.5, 0.6) is 0 Å². The number of rotatable bonds is 2. The number of halogens is 1. The van der Waals surface area contributed by atoms with Crippen LogP contribution in [0.2, 0.25) is 0 Å². The monoisotopic (exact) mass is 276 g/mol. The highest BCUT2D eigenvalue weighted by Crippen LogP contribution is 2.44. The maximum absolute atomic E-state index is 4.41. The van der Waals surface area contributed by atoms with Crippen molar-refractivity contribution in [2.24, 2.45) is 0 Å². The fourth-order valence-electron chi connectivity index (χ4n) is 1.89.